The standard InChI is InChI=1S/C24H28N6O3/c1-15-13-21(31)28(5)23(26-24(32)33)29(15)18-9-11-19(12-10-18)30-16(2)25-20-8-6-7-17(22(20)30)14-27(3)4/h6-12,15H,13-14H2,1-5H3,(H,32,33)/t15-/m0/s1. The van der Waals surface area contributed by atoms with Crippen molar-refractivity contribution in [3.8, 4) is 5.69 Å². The fraction of sp³-hybridized carbons (Fsp3) is 0.333. The number of para-hydroxylation sites is 1. The molecule has 9 heteroatoms. The molecule has 0 spiro atoms. The third-order valence-electron chi connectivity index (χ3n) is 5.80. The Bertz CT molecular complexity index is 1250. The van der Waals surface area contributed by atoms with E-state index in [0.29, 0.717) is 0 Å². The van der Waals surface area contributed by atoms with Gasteiger partial charge < -0.3 is 14.9 Å². The summed E-state index contributed by atoms with van der Waals surface area (Å²) in [5, 5.41) is 9.24. The summed E-state index contributed by atoms with van der Waals surface area (Å²) in [5.74, 6) is 0.828. The second-order valence-corrected chi connectivity index (χ2v) is 8.60. The average Bonchev–Trinajstić information content (AvgIpc) is 3.08. The number of hydrogen-bond acceptors (Lipinski definition) is 4. The van der Waals surface area contributed by atoms with Crippen LogP contribution in [0.3, 0.4) is 0 Å². The molecule has 1 N–H and O–H groups in total. The number of aryl methyl sites for hydroxylation is 1. The highest BCUT2D eigenvalue weighted by molar-refractivity contribution is 6.11. The minimum atomic E-state index is -1.34. The molecule has 3 aromatic rings. The van der Waals surface area contributed by atoms with Gasteiger partial charge in [0.15, 0.2) is 0 Å². The SMILES string of the molecule is Cc1nc2cccc(CN(C)C)c2n1-c1ccc(N2C(=NC(=O)O)N(C)C(=O)C[C@@H]2C)cc1. The lowest BCUT2D eigenvalue weighted by Crippen LogP contribution is -2.56. The molecule has 0 radical (unpaired) electrons. The number of imidazole rings is 1. The zero-order valence-electron chi connectivity index (χ0n) is 19.5. The Labute approximate surface area is 192 Å². The number of anilines is 1. The van der Waals surface area contributed by atoms with Crippen LogP contribution in [0.25, 0.3) is 16.7 Å². The average molecular weight is 449 g/mol. The Morgan fingerprint density at radius 2 is 1.85 bits per heavy atom. The maximum atomic E-state index is 12.3. The van der Waals surface area contributed by atoms with Crippen molar-refractivity contribution in [2.45, 2.75) is 32.9 Å². The number of carbonyl (C=O) groups excluding carboxylic acids is 1. The van der Waals surface area contributed by atoms with E-state index in [9.17, 15) is 14.7 Å². The first-order valence-electron chi connectivity index (χ1n) is 10.8. The number of benzene rings is 2. The van der Waals surface area contributed by atoms with E-state index in [4.69, 9.17) is 4.98 Å². The largest absolute Gasteiger partial charge is 0.463 e. The number of rotatable bonds is 4. The van der Waals surface area contributed by atoms with Crippen molar-refractivity contribution < 1.29 is 14.7 Å². The summed E-state index contributed by atoms with van der Waals surface area (Å²) in [6.45, 7) is 4.66. The number of carbonyl (C=O) groups is 2. The minimum Gasteiger partial charge on any atom is -0.463 e. The monoisotopic (exact) mass is 448 g/mol. The Balaban J connectivity index is 1.78. The predicted octanol–water partition coefficient (Wildman–Crippen LogP) is 3.49. The Morgan fingerprint density at radius 3 is 2.48 bits per heavy atom. The molecule has 172 valence electrons. The van der Waals surface area contributed by atoms with E-state index < -0.39 is 6.09 Å². The first-order chi connectivity index (χ1) is 15.7. The van der Waals surface area contributed by atoms with E-state index in [1.165, 1.54) is 10.5 Å². The van der Waals surface area contributed by atoms with Crippen molar-refractivity contribution in [3.63, 3.8) is 0 Å². The van der Waals surface area contributed by atoms with Crippen LogP contribution >= 0.6 is 0 Å². The number of amides is 2. The zero-order chi connectivity index (χ0) is 23.9. The van der Waals surface area contributed by atoms with Crippen molar-refractivity contribution in [3.05, 3.63) is 53.9 Å². The number of guanidine groups is 1. The van der Waals surface area contributed by atoms with Crippen LogP contribution in [-0.2, 0) is 11.3 Å². The normalized spacial score (nSPS) is 18.1. The van der Waals surface area contributed by atoms with Crippen LogP contribution in [0.2, 0.25) is 0 Å². The third kappa shape index (κ3) is 4.19. The Morgan fingerprint density at radius 1 is 1.18 bits per heavy atom. The van der Waals surface area contributed by atoms with E-state index >= 15 is 0 Å². The number of aromatic nitrogens is 2. The predicted molar refractivity (Wildman–Crippen MR) is 128 cm³/mol. The lowest BCUT2D eigenvalue weighted by Gasteiger charge is -2.40. The van der Waals surface area contributed by atoms with Crippen LogP contribution in [0.5, 0.6) is 0 Å². The quantitative estimate of drug-likeness (QED) is 0.657. The van der Waals surface area contributed by atoms with Crippen molar-refractivity contribution in [2.24, 2.45) is 4.99 Å². The summed E-state index contributed by atoms with van der Waals surface area (Å²) in [6, 6.07) is 13.8. The van der Waals surface area contributed by atoms with Crippen LogP contribution in [0.15, 0.2) is 47.5 Å². The van der Waals surface area contributed by atoms with Gasteiger partial charge in [0.25, 0.3) is 0 Å². The highest BCUT2D eigenvalue weighted by Crippen LogP contribution is 2.29. The number of carboxylic acid groups (broad SMARTS) is 1. The number of aliphatic imine (C=N–C) groups is 1. The number of nitrogens with zero attached hydrogens (tertiary/aromatic N) is 6. The molecule has 1 aliphatic rings. The van der Waals surface area contributed by atoms with Gasteiger partial charge in [0, 0.05) is 37.4 Å². The molecule has 33 heavy (non-hydrogen) atoms. The zero-order valence-corrected chi connectivity index (χ0v) is 19.5. The molecule has 2 heterocycles. The van der Waals surface area contributed by atoms with Crippen LogP contribution in [0.1, 0.15) is 24.7 Å². The van der Waals surface area contributed by atoms with Crippen LogP contribution in [0, 0.1) is 6.92 Å². The van der Waals surface area contributed by atoms with Crippen molar-refractivity contribution in [2.75, 3.05) is 26.0 Å². The second kappa shape index (κ2) is 8.67. The fourth-order valence-electron chi connectivity index (χ4n) is 4.39. The minimum absolute atomic E-state index is 0.108. The molecule has 0 aliphatic carbocycles. The van der Waals surface area contributed by atoms with Gasteiger partial charge in [0.2, 0.25) is 11.9 Å². The number of fused-ring (bicyclic) bond motifs is 1. The van der Waals surface area contributed by atoms with E-state index in [1.54, 1.807) is 11.9 Å². The first kappa shape index (κ1) is 22.5. The molecule has 9 nitrogen and oxygen atoms in total. The smallest absolute Gasteiger partial charge is 0.434 e. The Hall–Kier alpha value is -3.72. The molecule has 0 bridgehead atoms. The van der Waals surface area contributed by atoms with Gasteiger partial charge in [-0.1, -0.05) is 12.1 Å². The van der Waals surface area contributed by atoms with Crippen LogP contribution in [-0.4, -0.2) is 69.6 Å². The van der Waals surface area contributed by atoms with Crippen molar-refractivity contribution >= 4 is 34.7 Å². The summed E-state index contributed by atoms with van der Waals surface area (Å²) in [6.07, 6.45) is -1.06. The van der Waals surface area contributed by atoms with Gasteiger partial charge in [0.1, 0.15) is 5.82 Å². The fourth-order valence-corrected chi connectivity index (χ4v) is 4.39. The maximum Gasteiger partial charge on any atom is 0.434 e. The van der Waals surface area contributed by atoms with Gasteiger partial charge in [0.05, 0.1) is 11.0 Å². The Kier molecular flexibility index (Phi) is 5.90. The van der Waals surface area contributed by atoms with E-state index in [0.717, 1.165) is 34.8 Å². The number of hydrogen-bond donors (Lipinski definition) is 1. The van der Waals surface area contributed by atoms with Crippen LogP contribution in [0.4, 0.5) is 10.5 Å². The van der Waals surface area contributed by atoms with E-state index in [1.807, 2.05) is 64.3 Å². The van der Waals surface area contributed by atoms with Gasteiger partial charge in [-0.15, -0.1) is 4.99 Å². The van der Waals surface area contributed by atoms with Crippen LogP contribution < -0.4 is 4.90 Å². The second-order valence-electron chi connectivity index (χ2n) is 8.60. The van der Waals surface area contributed by atoms with Gasteiger partial charge in [-0.3, -0.25) is 14.3 Å². The topological polar surface area (TPSA) is 94.3 Å². The third-order valence-corrected chi connectivity index (χ3v) is 5.80. The molecule has 2 amide bonds. The van der Waals surface area contributed by atoms with E-state index in [-0.39, 0.29) is 24.3 Å². The molecule has 1 atom stereocenters. The molecule has 0 saturated carbocycles. The summed E-state index contributed by atoms with van der Waals surface area (Å²) in [7, 11) is 5.63. The molecule has 1 saturated heterocycles. The van der Waals surface area contributed by atoms with Crippen molar-refractivity contribution in [1.82, 2.24) is 19.4 Å². The molecule has 4 rings (SSSR count). The molecule has 2 aromatic carbocycles. The molecule has 1 aromatic heterocycles. The van der Waals surface area contributed by atoms with Crippen molar-refractivity contribution in [1.29, 1.82) is 0 Å². The summed E-state index contributed by atoms with van der Waals surface area (Å²) < 4.78 is 2.14. The molecular formula is C24H28N6O3. The molecule has 0 unspecified atom stereocenters. The highest BCUT2D eigenvalue weighted by Gasteiger charge is 2.34. The summed E-state index contributed by atoms with van der Waals surface area (Å²) >= 11 is 0. The lowest BCUT2D eigenvalue weighted by atomic mass is 10.1. The molecular weight excluding hydrogens is 420 g/mol. The summed E-state index contributed by atoms with van der Waals surface area (Å²) in [4.78, 5) is 37.2. The molecule has 1 aliphatic heterocycles. The van der Waals surface area contributed by atoms with E-state index in [2.05, 4.69) is 20.5 Å². The summed E-state index contributed by atoms with van der Waals surface area (Å²) in [5.41, 5.74) is 4.91. The molecule has 1 fully saturated rings. The first-order valence-corrected chi connectivity index (χ1v) is 10.8. The highest BCUT2D eigenvalue weighted by atomic mass is 16.4. The van der Waals surface area contributed by atoms with Gasteiger partial charge in [-0.25, -0.2) is 9.78 Å². The van der Waals surface area contributed by atoms with Gasteiger partial charge in [-0.2, -0.15) is 0 Å². The van der Waals surface area contributed by atoms with Gasteiger partial charge in [-0.05, 0) is 63.8 Å². The van der Waals surface area contributed by atoms with Gasteiger partial charge >= 0.3 is 6.09 Å². The maximum absolute atomic E-state index is 12.3. The lowest BCUT2D eigenvalue weighted by molar-refractivity contribution is -0.127.